The van der Waals surface area contributed by atoms with Crippen molar-refractivity contribution in [2.45, 2.75) is 38.6 Å². The van der Waals surface area contributed by atoms with Crippen LogP contribution in [0.15, 0.2) is 12.2 Å². The standard InChI is InChI=1S/C13H19NO3/c1-2-14(9-7-8-9)12(15)10-5-3-4-6-11(10)13(16)17/h3-4,9-11H,2,5-8H2,1H3,(H,16,17). The summed E-state index contributed by atoms with van der Waals surface area (Å²) in [6.07, 6.45) is 6.99. The SMILES string of the molecule is CCN(C(=O)C1CC=CCC1C(=O)O)C1CC1. The largest absolute Gasteiger partial charge is 0.481 e. The predicted molar refractivity (Wildman–Crippen MR) is 63.4 cm³/mol. The van der Waals surface area contributed by atoms with E-state index in [2.05, 4.69) is 0 Å². The van der Waals surface area contributed by atoms with E-state index in [1.165, 1.54) is 0 Å². The maximum Gasteiger partial charge on any atom is 0.307 e. The molecule has 0 aromatic heterocycles. The molecule has 2 unspecified atom stereocenters. The van der Waals surface area contributed by atoms with E-state index >= 15 is 0 Å². The van der Waals surface area contributed by atoms with Crippen molar-refractivity contribution in [2.75, 3.05) is 6.54 Å². The minimum Gasteiger partial charge on any atom is -0.481 e. The average Bonchev–Trinajstić information content (AvgIpc) is 3.14. The van der Waals surface area contributed by atoms with E-state index in [0.29, 0.717) is 25.4 Å². The lowest BCUT2D eigenvalue weighted by atomic mass is 9.82. The molecule has 1 N–H and O–H groups in total. The molecular formula is C13H19NO3. The second kappa shape index (κ2) is 4.90. The molecule has 94 valence electrons. The molecule has 2 atom stereocenters. The fraction of sp³-hybridized carbons (Fsp3) is 0.692. The van der Waals surface area contributed by atoms with E-state index in [4.69, 9.17) is 5.11 Å². The Bertz CT molecular complexity index is 347. The Labute approximate surface area is 101 Å². The lowest BCUT2D eigenvalue weighted by Gasteiger charge is -2.30. The molecule has 2 aliphatic rings. The Morgan fingerprint density at radius 1 is 1.24 bits per heavy atom. The number of aliphatic carboxylic acids is 1. The summed E-state index contributed by atoms with van der Waals surface area (Å²) in [5.74, 6) is -1.72. The minimum atomic E-state index is -0.848. The van der Waals surface area contributed by atoms with Gasteiger partial charge in [-0.25, -0.2) is 0 Å². The molecule has 0 spiro atoms. The summed E-state index contributed by atoms with van der Waals surface area (Å²) in [7, 11) is 0. The maximum absolute atomic E-state index is 12.4. The van der Waals surface area contributed by atoms with Crippen LogP contribution in [0.1, 0.15) is 32.6 Å². The van der Waals surface area contributed by atoms with Crippen LogP contribution in [-0.4, -0.2) is 34.5 Å². The number of carbonyl (C=O) groups excluding carboxylic acids is 1. The van der Waals surface area contributed by atoms with Gasteiger partial charge in [0.15, 0.2) is 0 Å². The van der Waals surface area contributed by atoms with Gasteiger partial charge in [0.25, 0.3) is 0 Å². The third-order valence-corrected chi connectivity index (χ3v) is 3.68. The summed E-state index contributed by atoms with van der Waals surface area (Å²) in [6.45, 7) is 2.65. The fourth-order valence-corrected chi connectivity index (χ4v) is 2.55. The first-order valence-electron chi connectivity index (χ1n) is 6.33. The molecule has 0 aromatic carbocycles. The molecule has 1 saturated carbocycles. The van der Waals surface area contributed by atoms with Gasteiger partial charge in [-0.1, -0.05) is 12.2 Å². The Morgan fingerprint density at radius 2 is 1.82 bits per heavy atom. The lowest BCUT2D eigenvalue weighted by molar-refractivity contribution is -0.150. The molecule has 17 heavy (non-hydrogen) atoms. The Balaban J connectivity index is 2.10. The predicted octanol–water partition coefficient (Wildman–Crippen LogP) is 1.66. The topological polar surface area (TPSA) is 57.6 Å². The van der Waals surface area contributed by atoms with E-state index in [9.17, 15) is 9.59 Å². The highest BCUT2D eigenvalue weighted by Crippen LogP contribution is 2.33. The van der Waals surface area contributed by atoms with Crippen LogP contribution in [0.25, 0.3) is 0 Å². The third kappa shape index (κ3) is 2.51. The first-order chi connectivity index (χ1) is 8.15. The molecule has 0 bridgehead atoms. The van der Waals surface area contributed by atoms with Gasteiger partial charge in [-0.05, 0) is 32.6 Å². The normalized spacial score (nSPS) is 27.8. The van der Waals surface area contributed by atoms with Crippen molar-refractivity contribution in [3.8, 4) is 0 Å². The van der Waals surface area contributed by atoms with Gasteiger partial charge in [-0.3, -0.25) is 9.59 Å². The minimum absolute atomic E-state index is 0.0340. The molecule has 4 nitrogen and oxygen atoms in total. The van der Waals surface area contributed by atoms with Crippen molar-refractivity contribution < 1.29 is 14.7 Å². The van der Waals surface area contributed by atoms with E-state index in [0.717, 1.165) is 12.8 Å². The monoisotopic (exact) mass is 237 g/mol. The quantitative estimate of drug-likeness (QED) is 0.756. The second-order valence-electron chi connectivity index (χ2n) is 4.85. The number of carboxylic acids is 1. The van der Waals surface area contributed by atoms with Crippen molar-refractivity contribution in [3.05, 3.63) is 12.2 Å². The van der Waals surface area contributed by atoms with Crippen molar-refractivity contribution in [1.29, 1.82) is 0 Å². The highest BCUT2D eigenvalue weighted by atomic mass is 16.4. The van der Waals surface area contributed by atoms with Gasteiger partial charge >= 0.3 is 5.97 Å². The number of hydrogen-bond donors (Lipinski definition) is 1. The number of allylic oxidation sites excluding steroid dienone is 2. The van der Waals surface area contributed by atoms with E-state index in [1.807, 2.05) is 24.0 Å². The molecular weight excluding hydrogens is 218 g/mol. The Kier molecular flexibility index (Phi) is 3.50. The van der Waals surface area contributed by atoms with Gasteiger partial charge in [0.2, 0.25) is 5.91 Å². The van der Waals surface area contributed by atoms with Gasteiger partial charge in [0.05, 0.1) is 11.8 Å². The summed E-state index contributed by atoms with van der Waals surface area (Å²) < 4.78 is 0. The first-order valence-corrected chi connectivity index (χ1v) is 6.33. The summed E-state index contributed by atoms with van der Waals surface area (Å²) in [5, 5.41) is 9.16. The van der Waals surface area contributed by atoms with Gasteiger partial charge in [-0.2, -0.15) is 0 Å². The van der Waals surface area contributed by atoms with Crippen LogP contribution in [0.4, 0.5) is 0 Å². The molecule has 1 amide bonds. The van der Waals surface area contributed by atoms with E-state index < -0.39 is 11.9 Å². The van der Waals surface area contributed by atoms with Crippen LogP contribution < -0.4 is 0 Å². The molecule has 0 radical (unpaired) electrons. The van der Waals surface area contributed by atoms with Crippen LogP contribution in [0.2, 0.25) is 0 Å². The number of amides is 1. The number of rotatable bonds is 4. The third-order valence-electron chi connectivity index (χ3n) is 3.68. The molecule has 4 heteroatoms. The van der Waals surface area contributed by atoms with Gasteiger partial charge in [-0.15, -0.1) is 0 Å². The second-order valence-corrected chi connectivity index (χ2v) is 4.85. The first kappa shape index (κ1) is 12.1. The Hall–Kier alpha value is -1.32. The van der Waals surface area contributed by atoms with Crippen molar-refractivity contribution >= 4 is 11.9 Å². The highest BCUT2D eigenvalue weighted by Gasteiger charge is 2.40. The maximum atomic E-state index is 12.4. The van der Waals surface area contributed by atoms with Crippen molar-refractivity contribution in [3.63, 3.8) is 0 Å². The zero-order chi connectivity index (χ0) is 12.4. The van der Waals surface area contributed by atoms with Crippen LogP contribution in [0.3, 0.4) is 0 Å². The summed E-state index contributed by atoms with van der Waals surface area (Å²) in [6, 6.07) is 0.368. The molecule has 0 aliphatic heterocycles. The molecule has 2 aliphatic carbocycles. The number of carbonyl (C=O) groups is 2. The van der Waals surface area contributed by atoms with Crippen LogP contribution >= 0.6 is 0 Å². The molecule has 0 aromatic rings. The number of carboxylic acid groups (broad SMARTS) is 1. The van der Waals surface area contributed by atoms with Crippen molar-refractivity contribution in [2.24, 2.45) is 11.8 Å². The zero-order valence-electron chi connectivity index (χ0n) is 10.1. The molecule has 0 heterocycles. The smallest absolute Gasteiger partial charge is 0.307 e. The summed E-state index contributed by atoms with van der Waals surface area (Å²) >= 11 is 0. The molecule has 1 fully saturated rings. The van der Waals surface area contributed by atoms with Crippen molar-refractivity contribution in [1.82, 2.24) is 4.90 Å². The highest BCUT2D eigenvalue weighted by molar-refractivity contribution is 5.85. The van der Waals surface area contributed by atoms with E-state index in [1.54, 1.807) is 0 Å². The zero-order valence-corrected chi connectivity index (χ0v) is 10.1. The summed E-state index contributed by atoms with van der Waals surface area (Å²) in [4.78, 5) is 25.4. The van der Waals surface area contributed by atoms with E-state index in [-0.39, 0.29) is 11.8 Å². The fourth-order valence-electron chi connectivity index (χ4n) is 2.55. The van der Waals surface area contributed by atoms with Crippen LogP contribution in [0.5, 0.6) is 0 Å². The van der Waals surface area contributed by atoms with Crippen LogP contribution in [0, 0.1) is 11.8 Å². The van der Waals surface area contributed by atoms with Gasteiger partial charge < -0.3 is 10.0 Å². The molecule has 0 saturated heterocycles. The molecule has 2 rings (SSSR count). The lowest BCUT2D eigenvalue weighted by Crippen LogP contribution is -2.42. The number of hydrogen-bond acceptors (Lipinski definition) is 2. The summed E-state index contributed by atoms with van der Waals surface area (Å²) in [5.41, 5.74) is 0. The van der Waals surface area contributed by atoms with Crippen LogP contribution in [-0.2, 0) is 9.59 Å². The number of nitrogens with zero attached hydrogens (tertiary/aromatic N) is 1. The Morgan fingerprint density at radius 3 is 2.29 bits per heavy atom. The van der Waals surface area contributed by atoms with Gasteiger partial charge in [0, 0.05) is 12.6 Å². The average molecular weight is 237 g/mol. The van der Waals surface area contributed by atoms with Gasteiger partial charge in [0.1, 0.15) is 0 Å².